The monoisotopic (exact) mass is 300 g/mol. The molecule has 0 spiro atoms. The van der Waals surface area contributed by atoms with Crippen LogP contribution in [0.1, 0.15) is 45.4 Å². The molecule has 22 heavy (non-hydrogen) atoms. The van der Waals surface area contributed by atoms with Crippen molar-refractivity contribution in [3.05, 3.63) is 40.7 Å². The maximum Gasteiger partial charge on any atom is 0.358 e. The molecule has 0 saturated heterocycles. The number of hydrogen-bond donors (Lipinski definition) is 2. The molecule has 2 aromatic rings. The lowest BCUT2D eigenvalue weighted by Crippen LogP contribution is -2.31. The number of carboxylic acid groups (broad SMARTS) is 1. The van der Waals surface area contributed by atoms with Crippen LogP contribution in [-0.4, -0.2) is 38.5 Å². The van der Waals surface area contributed by atoms with Gasteiger partial charge in [-0.3, -0.25) is 4.79 Å². The van der Waals surface area contributed by atoms with Crippen molar-refractivity contribution in [2.45, 2.75) is 26.2 Å². The maximum atomic E-state index is 11.8. The summed E-state index contributed by atoms with van der Waals surface area (Å²) in [5, 5.41) is 19.8. The number of amides is 1. The van der Waals surface area contributed by atoms with Crippen LogP contribution >= 0.6 is 0 Å². The predicted molar refractivity (Wildman–Crippen MR) is 78.4 cm³/mol. The summed E-state index contributed by atoms with van der Waals surface area (Å²) in [7, 11) is 0. The molecule has 1 amide bonds. The van der Waals surface area contributed by atoms with Gasteiger partial charge < -0.3 is 10.4 Å². The standard InChI is InChI=1S/C15H16N4O3/c1-2-3-12-13(15(21)22)17-18-19(12)10-4-5-11-9(8-10)6-7-16-14(11)20/h4-5,8H,2-3,6-7H2,1H3,(H,16,20)(H,21,22). The first-order valence-electron chi connectivity index (χ1n) is 7.21. The predicted octanol–water partition coefficient (Wildman–Crippen LogP) is 1.20. The number of carbonyl (C=O) groups is 2. The lowest BCUT2D eigenvalue weighted by atomic mass is 9.99. The summed E-state index contributed by atoms with van der Waals surface area (Å²) >= 11 is 0. The number of nitrogens with zero attached hydrogens (tertiary/aromatic N) is 3. The van der Waals surface area contributed by atoms with E-state index in [1.807, 2.05) is 13.0 Å². The zero-order valence-electron chi connectivity index (χ0n) is 12.2. The van der Waals surface area contributed by atoms with Gasteiger partial charge in [-0.25, -0.2) is 9.48 Å². The fourth-order valence-corrected chi connectivity index (χ4v) is 2.68. The molecule has 2 N–H and O–H groups in total. The quantitative estimate of drug-likeness (QED) is 0.884. The van der Waals surface area contributed by atoms with E-state index in [0.717, 1.165) is 24.1 Å². The molecule has 0 aliphatic carbocycles. The first-order valence-corrected chi connectivity index (χ1v) is 7.21. The summed E-state index contributed by atoms with van der Waals surface area (Å²) in [6, 6.07) is 5.40. The summed E-state index contributed by atoms with van der Waals surface area (Å²) in [5.41, 5.74) is 2.89. The number of fused-ring (bicyclic) bond motifs is 1. The highest BCUT2D eigenvalue weighted by molar-refractivity contribution is 5.97. The number of aromatic nitrogens is 3. The Morgan fingerprint density at radius 2 is 2.27 bits per heavy atom. The highest BCUT2D eigenvalue weighted by Gasteiger charge is 2.21. The molecule has 0 atom stereocenters. The second-order valence-corrected chi connectivity index (χ2v) is 5.20. The van der Waals surface area contributed by atoms with Gasteiger partial charge in [-0.2, -0.15) is 0 Å². The van der Waals surface area contributed by atoms with Gasteiger partial charge in [-0.05, 0) is 36.6 Å². The summed E-state index contributed by atoms with van der Waals surface area (Å²) < 4.78 is 1.56. The third-order valence-electron chi connectivity index (χ3n) is 3.71. The van der Waals surface area contributed by atoms with Gasteiger partial charge in [0.15, 0.2) is 5.69 Å². The van der Waals surface area contributed by atoms with Crippen LogP contribution in [0.3, 0.4) is 0 Å². The minimum Gasteiger partial charge on any atom is -0.476 e. The molecule has 1 aliphatic rings. The molecule has 0 bridgehead atoms. The molecule has 2 heterocycles. The fraction of sp³-hybridized carbons (Fsp3) is 0.333. The lowest BCUT2D eigenvalue weighted by molar-refractivity contribution is 0.0688. The number of hydrogen-bond acceptors (Lipinski definition) is 4. The van der Waals surface area contributed by atoms with E-state index in [4.69, 9.17) is 0 Å². The Hall–Kier alpha value is -2.70. The Morgan fingerprint density at radius 1 is 1.45 bits per heavy atom. The Balaban J connectivity index is 2.08. The number of rotatable bonds is 4. The van der Waals surface area contributed by atoms with Gasteiger partial charge in [0, 0.05) is 12.1 Å². The molecule has 114 valence electrons. The molecule has 0 fully saturated rings. The number of nitrogens with one attached hydrogen (secondary N) is 1. The SMILES string of the molecule is CCCc1c(C(=O)O)nnn1-c1ccc2c(c1)CCNC2=O. The molecule has 7 heteroatoms. The van der Waals surface area contributed by atoms with Crippen LogP contribution in [0.4, 0.5) is 0 Å². The molecule has 1 aliphatic heterocycles. The van der Waals surface area contributed by atoms with Gasteiger partial charge in [-0.1, -0.05) is 18.6 Å². The van der Waals surface area contributed by atoms with E-state index in [1.165, 1.54) is 0 Å². The Kier molecular flexibility index (Phi) is 3.62. The van der Waals surface area contributed by atoms with E-state index in [1.54, 1.807) is 16.8 Å². The van der Waals surface area contributed by atoms with Crippen LogP contribution in [0.25, 0.3) is 5.69 Å². The first kappa shape index (κ1) is 14.2. The number of benzene rings is 1. The minimum atomic E-state index is -1.08. The molecule has 1 aromatic carbocycles. The Morgan fingerprint density at radius 3 is 3.00 bits per heavy atom. The second-order valence-electron chi connectivity index (χ2n) is 5.20. The van der Waals surface area contributed by atoms with Gasteiger partial charge in [-0.15, -0.1) is 5.10 Å². The third kappa shape index (κ3) is 2.34. The first-order chi connectivity index (χ1) is 10.6. The van der Waals surface area contributed by atoms with E-state index in [9.17, 15) is 14.7 Å². The van der Waals surface area contributed by atoms with Crippen molar-refractivity contribution in [2.24, 2.45) is 0 Å². The van der Waals surface area contributed by atoms with Crippen molar-refractivity contribution in [2.75, 3.05) is 6.54 Å². The summed E-state index contributed by atoms with van der Waals surface area (Å²) in [5.74, 6) is -1.15. The van der Waals surface area contributed by atoms with Crippen LogP contribution in [0.5, 0.6) is 0 Å². The molecule has 3 rings (SSSR count). The minimum absolute atomic E-state index is 0.0164. The highest BCUT2D eigenvalue weighted by atomic mass is 16.4. The second kappa shape index (κ2) is 5.59. The molecular weight excluding hydrogens is 284 g/mol. The fourth-order valence-electron chi connectivity index (χ4n) is 2.68. The molecule has 0 unspecified atom stereocenters. The van der Waals surface area contributed by atoms with Gasteiger partial charge >= 0.3 is 5.97 Å². The van der Waals surface area contributed by atoms with E-state index in [-0.39, 0.29) is 11.6 Å². The summed E-state index contributed by atoms with van der Waals surface area (Å²) in [6.07, 6.45) is 2.12. The molecule has 0 saturated carbocycles. The van der Waals surface area contributed by atoms with Crippen molar-refractivity contribution in [3.63, 3.8) is 0 Å². The number of aromatic carboxylic acids is 1. The lowest BCUT2D eigenvalue weighted by Gasteiger charge is -2.17. The average molecular weight is 300 g/mol. The third-order valence-corrected chi connectivity index (χ3v) is 3.71. The Bertz CT molecular complexity index is 751. The van der Waals surface area contributed by atoms with E-state index < -0.39 is 5.97 Å². The van der Waals surface area contributed by atoms with Crippen molar-refractivity contribution in [1.82, 2.24) is 20.3 Å². The van der Waals surface area contributed by atoms with Crippen molar-refractivity contribution in [1.29, 1.82) is 0 Å². The zero-order valence-corrected chi connectivity index (χ0v) is 12.2. The van der Waals surface area contributed by atoms with Crippen LogP contribution in [0, 0.1) is 0 Å². The van der Waals surface area contributed by atoms with Crippen LogP contribution in [0.2, 0.25) is 0 Å². The number of carboxylic acids is 1. The summed E-state index contributed by atoms with van der Waals surface area (Å²) in [6.45, 7) is 2.58. The average Bonchev–Trinajstić information content (AvgIpc) is 2.91. The Labute approximate surface area is 126 Å². The van der Waals surface area contributed by atoms with Crippen molar-refractivity contribution in [3.8, 4) is 5.69 Å². The zero-order chi connectivity index (χ0) is 15.7. The summed E-state index contributed by atoms with van der Waals surface area (Å²) in [4.78, 5) is 23.0. The van der Waals surface area contributed by atoms with Gasteiger partial charge in [0.25, 0.3) is 5.91 Å². The maximum absolute atomic E-state index is 11.8. The van der Waals surface area contributed by atoms with Crippen molar-refractivity contribution < 1.29 is 14.7 Å². The van der Waals surface area contributed by atoms with Crippen LogP contribution < -0.4 is 5.32 Å². The topological polar surface area (TPSA) is 97.1 Å². The molecular formula is C15H16N4O3. The molecule has 0 radical (unpaired) electrons. The van der Waals surface area contributed by atoms with Crippen molar-refractivity contribution >= 4 is 11.9 Å². The van der Waals surface area contributed by atoms with E-state index in [0.29, 0.717) is 24.2 Å². The van der Waals surface area contributed by atoms with Gasteiger partial charge in [0.2, 0.25) is 0 Å². The highest BCUT2D eigenvalue weighted by Crippen LogP contribution is 2.21. The smallest absolute Gasteiger partial charge is 0.358 e. The molecule has 7 nitrogen and oxygen atoms in total. The van der Waals surface area contributed by atoms with Crippen LogP contribution in [-0.2, 0) is 12.8 Å². The van der Waals surface area contributed by atoms with Crippen LogP contribution in [0.15, 0.2) is 18.2 Å². The largest absolute Gasteiger partial charge is 0.476 e. The molecule has 1 aromatic heterocycles. The van der Waals surface area contributed by atoms with E-state index in [2.05, 4.69) is 15.6 Å². The normalized spacial score (nSPS) is 13.6. The van der Waals surface area contributed by atoms with E-state index >= 15 is 0 Å². The van der Waals surface area contributed by atoms with Gasteiger partial charge in [0.1, 0.15) is 0 Å². The number of carbonyl (C=O) groups excluding carboxylic acids is 1. The van der Waals surface area contributed by atoms with Gasteiger partial charge in [0.05, 0.1) is 11.4 Å².